The van der Waals surface area contributed by atoms with E-state index in [4.69, 9.17) is 0 Å². The summed E-state index contributed by atoms with van der Waals surface area (Å²) in [5.74, 6) is -0.271. The molecular weight excluding hydrogens is 430 g/mol. The van der Waals surface area contributed by atoms with Gasteiger partial charge in [0.15, 0.2) is 0 Å². The molecule has 0 aliphatic heterocycles. The number of pyridine rings is 1. The second-order valence-electron chi connectivity index (χ2n) is 6.36. The Kier molecular flexibility index (Phi) is 6.92. The third kappa shape index (κ3) is 6.12. The molecule has 1 aromatic heterocycles. The van der Waals surface area contributed by atoms with E-state index < -0.39 is 0 Å². The number of nitrogens with zero attached hydrogens (tertiary/aromatic N) is 2. The van der Waals surface area contributed by atoms with Gasteiger partial charge >= 0.3 is 0 Å². The molecule has 3 rings (SSSR count). The fourth-order valence-electron chi connectivity index (χ4n) is 2.71. The van der Waals surface area contributed by atoms with Gasteiger partial charge in [0.05, 0.1) is 12.2 Å². The summed E-state index contributed by atoms with van der Waals surface area (Å²) in [6.07, 6.45) is 5.01. The van der Waals surface area contributed by atoms with E-state index >= 15 is 0 Å². The molecule has 29 heavy (non-hydrogen) atoms. The van der Waals surface area contributed by atoms with Crippen molar-refractivity contribution in [3.8, 4) is 0 Å². The molecule has 1 heterocycles. The van der Waals surface area contributed by atoms with Crippen molar-refractivity contribution in [2.75, 3.05) is 10.2 Å². The standard InChI is InChI=1S/C23H20BrN3O2/c1-17(28)26-20-10-5-18(6-11-20)7-14-23(29)27(16-21-4-2-3-15-25-21)22-12-8-19(24)9-13-22/h2-15H,16H2,1H3,(H,26,28). The van der Waals surface area contributed by atoms with Crippen LogP contribution in [0.15, 0.2) is 83.5 Å². The largest absolute Gasteiger partial charge is 0.326 e. The lowest BCUT2D eigenvalue weighted by molar-refractivity contribution is -0.115. The summed E-state index contributed by atoms with van der Waals surface area (Å²) in [5.41, 5.74) is 3.17. The van der Waals surface area contributed by atoms with E-state index in [0.29, 0.717) is 12.2 Å². The molecule has 0 aliphatic carbocycles. The lowest BCUT2D eigenvalue weighted by Crippen LogP contribution is -2.29. The Labute approximate surface area is 178 Å². The van der Waals surface area contributed by atoms with Crippen LogP contribution in [-0.2, 0) is 16.1 Å². The number of hydrogen-bond donors (Lipinski definition) is 1. The number of carbonyl (C=O) groups is 2. The van der Waals surface area contributed by atoms with E-state index in [-0.39, 0.29) is 11.8 Å². The van der Waals surface area contributed by atoms with Crippen LogP contribution in [-0.4, -0.2) is 16.8 Å². The Hall–Kier alpha value is -3.25. The summed E-state index contributed by atoms with van der Waals surface area (Å²) in [7, 11) is 0. The molecule has 0 bridgehead atoms. The molecule has 0 atom stereocenters. The minimum atomic E-state index is -0.149. The van der Waals surface area contributed by atoms with Crippen LogP contribution in [0.1, 0.15) is 18.2 Å². The Morgan fingerprint density at radius 1 is 1.03 bits per heavy atom. The normalized spacial score (nSPS) is 10.7. The summed E-state index contributed by atoms with van der Waals surface area (Å²) in [6.45, 7) is 1.83. The Morgan fingerprint density at radius 2 is 1.76 bits per heavy atom. The number of benzene rings is 2. The zero-order chi connectivity index (χ0) is 20.6. The maximum atomic E-state index is 13.0. The first-order valence-electron chi connectivity index (χ1n) is 9.04. The average molecular weight is 450 g/mol. The van der Waals surface area contributed by atoms with Crippen LogP contribution < -0.4 is 10.2 Å². The van der Waals surface area contributed by atoms with Crippen LogP contribution in [0, 0.1) is 0 Å². The highest BCUT2D eigenvalue weighted by Crippen LogP contribution is 2.21. The van der Waals surface area contributed by atoms with Gasteiger partial charge < -0.3 is 10.2 Å². The molecule has 146 valence electrons. The molecular formula is C23H20BrN3O2. The zero-order valence-electron chi connectivity index (χ0n) is 15.9. The molecule has 2 aromatic carbocycles. The van der Waals surface area contributed by atoms with Crippen molar-refractivity contribution in [1.82, 2.24) is 4.98 Å². The summed E-state index contributed by atoms with van der Waals surface area (Å²) in [6, 6.07) is 20.5. The second kappa shape index (κ2) is 9.80. The van der Waals surface area contributed by atoms with Gasteiger partial charge in [0, 0.05) is 35.0 Å². The van der Waals surface area contributed by atoms with Crippen molar-refractivity contribution in [3.63, 3.8) is 0 Å². The lowest BCUT2D eigenvalue weighted by atomic mass is 10.2. The van der Waals surface area contributed by atoms with Gasteiger partial charge in [0.25, 0.3) is 5.91 Å². The summed E-state index contributed by atoms with van der Waals surface area (Å²) >= 11 is 3.42. The van der Waals surface area contributed by atoms with Gasteiger partial charge in [-0.05, 0) is 60.2 Å². The maximum Gasteiger partial charge on any atom is 0.251 e. The first kappa shape index (κ1) is 20.5. The molecule has 0 fully saturated rings. The Morgan fingerprint density at radius 3 is 2.38 bits per heavy atom. The topological polar surface area (TPSA) is 62.3 Å². The summed E-state index contributed by atoms with van der Waals surface area (Å²) in [5, 5.41) is 2.72. The van der Waals surface area contributed by atoms with Crippen molar-refractivity contribution in [1.29, 1.82) is 0 Å². The average Bonchev–Trinajstić information content (AvgIpc) is 2.72. The predicted octanol–water partition coefficient (Wildman–Crippen LogP) is 5.05. The highest BCUT2D eigenvalue weighted by atomic mass is 79.9. The van der Waals surface area contributed by atoms with Crippen molar-refractivity contribution < 1.29 is 9.59 Å². The highest BCUT2D eigenvalue weighted by molar-refractivity contribution is 9.10. The first-order valence-corrected chi connectivity index (χ1v) is 9.83. The molecule has 2 amide bonds. The summed E-state index contributed by atoms with van der Waals surface area (Å²) < 4.78 is 0.946. The molecule has 0 saturated heterocycles. The molecule has 0 saturated carbocycles. The molecule has 1 N–H and O–H groups in total. The smallest absolute Gasteiger partial charge is 0.251 e. The van der Waals surface area contributed by atoms with Gasteiger partial charge in [-0.3, -0.25) is 14.6 Å². The number of carbonyl (C=O) groups excluding carboxylic acids is 2. The molecule has 0 aliphatic rings. The van der Waals surface area contributed by atoms with Crippen LogP contribution in [0.2, 0.25) is 0 Å². The molecule has 6 heteroatoms. The van der Waals surface area contributed by atoms with Gasteiger partial charge in [0.2, 0.25) is 5.91 Å². The number of rotatable bonds is 6. The van der Waals surface area contributed by atoms with E-state index in [0.717, 1.165) is 21.4 Å². The fraction of sp³-hybridized carbons (Fsp3) is 0.0870. The fourth-order valence-corrected chi connectivity index (χ4v) is 2.97. The van der Waals surface area contributed by atoms with E-state index in [1.807, 2.05) is 54.6 Å². The zero-order valence-corrected chi connectivity index (χ0v) is 17.5. The highest BCUT2D eigenvalue weighted by Gasteiger charge is 2.14. The number of amides is 2. The van der Waals surface area contributed by atoms with Crippen molar-refractivity contribution >= 4 is 45.2 Å². The number of anilines is 2. The predicted molar refractivity (Wildman–Crippen MR) is 119 cm³/mol. The van der Waals surface area contributed by atoms with Crippen LogP contribution in [0.3, 0.4) is 0 Å². The Bertz CT molecular complexity index is 1000. The first-order chi connectivity index (χ1) is 14.0. The SMILES string of the molecule is CC(=O)Nc1ccc(C=CC(=O)N(Cc2ccccn2)c2ccc(Br)cc2)cc1. The van der Waals surface area contributed by atoms with Crippen LogP contribution in [0.5, 0.6) is 0 Å². The second-order valence-corrected chi connectivity index (χ2v) is 7.27. The summed E-state index contributed by atoms with van der Waals surface area (Å²) in [4.78, 5) is 30.1. The van der Waals surface area contributed by atoms with Gasteiger partial charge in [-0.2, -0.15) is 0 Å². The molecule has 0 spiro atoms. The molecule has 0 radical (unpaired) electrons. The van der Waals surface area contributed by atoms with Crippen LogP contribution in [0.4, 0.5) is 11.4 Å². The minimum absolute atomic E-state index is 0.122. The van der Waals surface area contributed by atoms with Gasteiger partial charge in [0.1, 0.15) is 0 Å². The van der Waals surface area contributed by atoms with Crippen molar-refractivity contribution in [2.24, 2.45) is 0 Å². The van der Waals surface area contributed by atoms with Crippen molar-refractivity contribution in [2.45, 2.75) is 13.5 Å². The number of nitrogens with one attached hydrogen (secondary N) is 1. The van der Waals surface area contributed by atoms with Gasteiger partial charge in [-0.1, -0.05) is 34.1 Å². The number of halogens is 1. The van der Waals surface area contributed by atoms with Gasteiger partial charge in [-0.15, -0.1) is 0 Å². The minimum Gasteiger partial charge on any atom is -0.326 e. The third-order valence-corrected chi connectivity index (χ3v) is 4.63. The van der Waals surface area contributed by atoms with E-state index in [1.165, 1.54) is 6.92 Å². The Balaban J connectivity index is 1.79. The van der Waals surface area contributed by atoms with Gasteiger partial charge in [-0.25, -0.2) is 0 Å². The van der Waals surface area contributed by atoms with Crippen LogP contribution >= 0.6 is 15.9 Å². The number of hydrogen-bond acceptors (Lipinski definition) is 3. The number of aromatic nitrogens is 1. The molecule has 3 aromatic rings. The van der Waals surface area contributed by atoms with E-state index in [2.05, 4.69) is 26.2 Å². The van der Waals surface area contributed by atoms with Crippen molar-refractivity contribution in [3.05, 3.63) is 94.7 Å². The monoisotopic (exact) mass is 449 g/mol. The van der Waals surface area contributed by atoms with E-state index in [1.54, 1.807) is 35.4 Å². The molecule has 0 unspecified atom stereocenters. The van der Waals surface area contributed by atoms with Crippen LogP contribution in [0.25, 0.3) is 6.08 Å². The quantitative estimate of drug-likeness (QED) is 0.535. The molecule has 5 nitrogen and oxygen atoms in total. The lowest BCUT2D eigenvalue weighted by Gasteiger charge is -2.21. The maximum absolute atomic E-state index is 13.0. The third-order valence-electron chi connectivity index (χ3n) is 4.10. The van der Waals surface area contributed by atoms with E-state index in [9.17, 15) is 9.59 Å².